The molecule has 0 fully saturated rings. The fourth-order valence-electron chi connectivity index (χ4n) is 3.36. The van der Waals surface area contributed by atoms with Crippen molar-refractivity contribution < 1.29 is 13.6 Å². The van der Waals surface area contributed by atoms with Gasteiger partial charge in [0.2, 0.25) is 4.96 Å². The molecular weight excluding hydrogens is 396 g/mol. The van der Waals surface area contributed by atoms with Crippen LogP contribution in [0.2, 0.25) is 0 Å². The molecule has 1 aliphatic rings. The highest BCUT2D eigenvalue weighted by Crippen LogP contribution is 2.30. The standard InChI is InChI=1S/C20H15F2N5OS/c21-13-6-7-15(14(22)10-13)23-19(28)26-9-8-16-17(11-26)29-20-24-18(25-27(16)20)12-4-2-1-3-5-12/h1-7,10H,8-9,11H2,(H,23,28). The highest BCUT2D eigenvalue weighted by atomic mass is 32.1. The Bertz CT molecular complexity index is 1220. The van der Waals surface area contributed by atoms with E-state index in [1.54, 1.807) is 4.90 Å². The summed E-state index contributed by atoms with van der Waals surface area (Å²) in [6, 6.07) is 12.4. The normalized spacial score (nSPS) is 13.5. The Hall–Kier alpha value is -3.33. The molecule has 0 bridgehead atoms. The summed E-state index contributed by atoms with van der Waals surface area (Å²) in [6.07, 6.45) is 0.617. The zero-order chi connectivity index (χ0) is 20.0. The van der Waals surface area contributed by atoms with Crippen molar-refractivity contribution in [2.24, 2.45) is 0 Å². The van der Waals surface area contributed by atoms with Crippen LogP contribution >= 0.6 is 11.3 Å². The lowest BCUT2D eigenvalue weighted by Gasteiger charge is -2.26. The van der Waals surface area contributed by atoms with Gasteiger partial charge in [-0.3, -0.25) is 0 Å². The van der Waals surface area contributed by atoms with E-state index in [2.05, 4.69) is 15.4 Å². The number of nitrogens with zero attached hydrogens (tertiary/aromatic N) is 4. The Morgan fingerprint density at radius 1 is 1.14 bits per heavy atom. The van der Waals surface area contributed by atoms with Gasteiger partial charge in [0, 0.05) is 29.5 Å². The Balaban J connectivity index is 1.36. The number of rotatable bonds is 2. The minimum absolute atomic E-state index is 0.0441. The van der Waals surface area contributed by atoms with Crippen molar-refractivity contribution in [3.63, 3.8) is 0 Å². The van der Waals surface area contributed by atoms with Gasteiger partial charge in [-0.05, 0) is 12.1 Å². The molecule has 9 heteroatoms. The molecule has 0 aliphatic carbocycles. The molecule has 0 saturated carbocycles. The zero-order valence-electron chi connectivity index (χ0n) is 15.1. The van der Waals surface area contributed by atoms with Gasteiger partial charge in [-0.15, -0.1) is 5.10 Å². The highest BCUT2D eigenvalue weighted by Gasteiger charge is 2.26. The van der Waals surface area contributed by atoms with Crippen molar-refractivity contribution >= 4 is 28.0 Å². The summed E-state index contributed by atoms with van der Waals surface area (Å²) in [4.78, 5) is 20.5. The van der Waals surface area contributed by atoms with Gasteiger partial charge in [0.1, 0.15) is 11.6 Å². The maximum absolute atomic E-state index is 13.8. The Morgan fingerprint density at radius 3 is 2.76 bits per heavy atom. The molecule has 0 unspecified atom stereocenters. The lowest BCUT2D eigenvalue weighted by Crippen LogP contribution is -2.38. The fraction of sp³-hybridized carbons (Fsp3) is 0.150. The first-order valence-corrected chi connectivity index (χ1v) is 9.84. The lowest BCUT2D eigenvalue weighted by atomic mass is 10.2. The highest BCUT2D eigenvalue weighted by molar-refractivity contribution is 7.17. The van der Waals surface area contributed by atoms with E-state index < -0.39 is 17.7 Å². The number of halogens is 2. The molecule has 0 saturated heterocycles. The summed E-state index contributed by atoms with van der Waals surface area (Å²) in [7, 11) is 0. The van der Waals surface area contributed by atoms with Gasteiger partial charge >= 0.3 is 6.03 Å². The van der Waals surface area contributed by atoms with Crippen molar-refractivity contribution in [3.05, 3.63) is 70.7 Å². The maximum atomic E-state index is 13.8. The van der Waals surface area contributed by atoms with Crippen molar-refractivity contribution in [1.82, 2.24) is 19.5 Å². The Kier molecular flexibility index (Phi) is 4.24. The van der Waals surface area contributed by atoms with Crippen molar-refractivity contribution in [1.29, 1.82) is 0 Å². The number of hydrogen-bond donors (Lipinski definition) is 1. The number of amides is 2. The van der Waals surface area contributed by atoms with Gasteiger partial charge in [0.05, 0.1) is 17.9 Å². The van der Waals surface area contributed by atoms with Gasteiger partial charge in [0.15, 0.2) is 5.82 Å². The molecule has 2 amide bonds. The summed E-state index contributed by atoms with van der Waals surface area (Å²) in [5, 5.41) is 7.13. The zero-order valence-corrected chi connectivity index (χ0v) is 15.9. The van der Waals surface area contributed by atoms with Crippen LogP contribution in [0, 0.1) is 11.6 Å². The molecular formula is C20H15F2N5OS. The molecule has 0 atom stereocenters. The van der Waals surface area contributed by atoms with Crippen LogP contribution in [0.1, 0.15) is 10.6 Å². The molecule has 1 N–H and O–H groups in total. The number of hydrogen-bond acceptors (Lipinski definition) is 4. The molecule has 29 heavy (non-hydrogen) atoms. The van der Waals surface area contributed by atoms with Crippen LogP contribution in [-0.2, 0) is 13.0 Å². The van der Waals surface area contributed by atoms with E-state index in [-0.39, 0.29) is 5.69 Å². The molecule has 2 aromatic heterocycles. The SMILES string of the molecule is O=C(Nc1ccc(F)cc1F)N1CCc2c(sc3nc(-c4ccccc4)nn23)C1. The summed E-state index contributed by atoms with van der Waals surface area (Å²) in [6.45, 7) is 0.856. The summed E-state index contributed by atoms with van der Waals surface area (Å²) in [5.41, 5.74) is 1.95. The first-order valence-electron chi connectivity index (χ1n) is 9.02. The number of carbonyl (C=O) groups excluding carboxylic acids is 1. The van der Waals surface area contributed by atoms with Crippen molar-refractivity contribution in [2.45, 2.75) is 13.0 Å². The Morgan fingerprint density at radius 2 is 1.97 bits per heavy atom. The van der Waals surface area contributed by atoms with Crippen LogP contribution in [0.5, 0.6) is 0 Å². The molecule has 5 rings (SSSR count). The molecule has 0 radical (unpaired) electrons. The van der Waals surface area contributed by atoms with E-state index >= 15 is 0 Å². The van der Waals surface area contributed by atoms with Gasteiger partial charge < -0.3 is 10.2 Å². The molecule has 2 aromatic carbocycles. The smallest absolute Gasteiger partial charge is 0.319 e. The number of urea groups is 1. The predicted molar refractivity (Wildman–Crippen MR) is 106 cm³/mol. The molecule has 1 aliphatic heterocycles. The third-order valence-corrected chi connectivity index (χ3v) is 5.87. The molecule has 4 aromatic rings. The number of anilines is 1. The topological polar surface area (TPSA) is 62.5 Å². The van der Waals surface area contributed by atoms with E-state index in [4.69, 9.17) is 0 Å². The molecule has 3 heterocycles. The van der Waals surface area contributed by atoms with Crippen molar-refractivity contribution in [3.8, 4) is 11.4 Å². The number of benzene rings is 2. The van der Waals surface area contributed by atoms with Gasteiger partial charge in [-0.1, -0.05) is 41.7 Å². The third kappa shape index (κ3) is 3.23. The second-order valence-corrected chi connectivity index (χ2v) is 7.76. The van der Waals surface area contributed by atoms with E-state index in [1.807, 2.05) is 34.8 Å². The van der Waals surface area contributed by atoms with E-state index in [0.717, 1.165) is 33.2 Å². The first-order chi connectivity index (χ1) is 14.1. The van der Waals surface area contributed by atoms with Gasteiger partial charge in [-0.25, -0.2) is 18.1 Å². The van der Waals surface area contributed by atoms with Gasteiger partial charge in [0.25, 0.3) is 0 Å². The van der Waals surface area contributed by atoms with Crippen LogP contribution in [-0.4, -0.2) is 32.1 Å². The maximum Gasteiger partial charge on any atom is 0.322 e. The monoisotopic (exact) mass is 411 g/mol. The lowest BCUT2D eigenvalue weighted by molar-refractivity contribution is 0.206. The largest absolute Gasteiger partial charge is 0.322 e. The quantitative estimate of drug-likeness (QED) is 0.534. The average Bonchev–Trinajstić information content (AvgIpc) is 3.28. The second-order valence-electron chi connectivity index (χ2n) is 6.69. The van der Waals surface area contributed by atoms with E-state index in [9.17, 15) is 13.6 Å². The fourth-order valence-corrected chi connectivity index (χ4v) is 4.47. The third-order valence-electron chi connectivity index (χ3n) is 4.81. The van der Waals surface area contributed by atoms with Crippen LogP contribution in [0.15, 0.2) is 48.5 Å². The van der Waals surface area contributed by atoms with Crippen molar-refractivity contribution in [2.75, 3.05) is 11.9 Å². The number of nitrogens with one attached hydrogen (secondary N) is 1. The van der Waals surface area contributed by atoms with Gasteiger partial charge in [-0.2, -0.15) is 4.98 Å². The second kappa shape index (κ2) is 6.93. The van der Waals surface area contributed by atoms with Crippen LogP contribution in [0.25, 0.3) is 16.3 Å². The Labute approximate surface area is 168 Å². The molecule has 146 valence electrons. The molecule has 6 nitrogen and oxygen atoms in total. The summed E-state index contributed by atoms with van der Waals surface area (Å²) >= 11 is 1.49. The summed E-state index contributed by atoms with van der Waals surface area (Å²) < 4.78 is 28.7. The first kappa shape index (κ1) is 17.7. The number of thiazole rings is 1. The van der Waals surface area contributed by atoms with Crippen LogP contribution in [0.3, 0.4) is 0 Å². The summed E-state index contributed by atoms with van der Waals surface area (Å²) in [5.74, 6) is -0.817. The molecule has 0 spiro atoms. The van der Waals surface area contributed by atoms with E-state index in [0.29, 0.717) is 25.3 Å². The minimum atomic E-state index is -0.803. The average molecular weight is 411 g/mol. The van der Waals surface area contributed by atoms with E-state index in [1.165, 1.54) is 17.4 Å². The number of carbonyl (C=O) groups is 1. The number of fused-ring (bicyclic) bond motifs is 3. The number of aromatic nitrogens is 3. The van der Waals surface area contributed by atoms with Crippen LogP contribution in [0.4, 0.5) is 19.3 Å². The predicted octanol–water partition coefficient (Wildman–Crippen LogP) is 4.33. The van der Waals surface area contributed by atoms with Crippen LogP contribution < -0.4 is 5.32 Å². The minimum Gasteiger partial charge on any atom is -0.319 e.